The minimum Gasteiger partial charge on any atom is -0.299 e. The lowest BCUT2D eigenvalue weighted by Gasteiger charge is -2.32. The predicted octanol–water partition coefficient (Wildman–Crippen LogP) is 3.35. The van der Waals surface area contributed by atoms with E-state index in [0.29, 0.717) is 12.8 Å². The number of ketones is 2. The minimum absolute atomic E-state index is 0.0740. The van der Waals surface area contributed by atoms with Crippen LogP contribution in [0, 0.1) is 19.3 Å². The van der Waals surface area contributed by atoms with Crippen LogP contribution in [-0.2, 0) is 9.59 Å². The van der Waals surface area contributed by atoms with Crippen LogP contribution in [0.4, 0.5) is 0 Å². The van der Waals surface area contributed by atoms with Crippen molar-refractivity contribution in [3.63, 3.8) is 0 Å². The summed E-state index contributed by atoms with van der Waals surface area (Å²) in [4.78, 5) is 24.5. The normalized spacial score (nSPS) is 20.2. The SMILES string of the molecule is Cc1ccc(C)c(C2C(=O)CC(C)(C)CC2=O)c1. The third-order valence-corrected chi connectivity index (χ3v) is 3.70. The number of carbonyl (C=O) groups excluding carboxylic acids is 2. The van der Waals surface area contributed by atoms with Crippen molar-refractivity contribution in [1.82, 2.24) is 0 Å². The monoisotopic (exact) mass is 244 g/mol. The Morgan fingerprint density at radius 2 is 1.61 bits per heavy atom. The van der Waals surface area contributed by atoms with Crippen molar-refractivity contribution in [2.24, 2.45) is 5.41 Å². The summed E-state index contributed by atoms with van der Waals surface area (Å²) < 4.78 is 0. The summed E-state index contributed by atoms with van der Waals surface area (Å²) in [6.45, 7) is 7.93. The summed E-state index contributed by atoms with van der Waals surface area (Å²) in [5, 5.41) is 0. The van der Waals surface area contributed by atoms with Crippen molar-refractivity contribution in [2.75, 3.05) is 0 Å². The average molecular weight is 244 g/mol. The van der Waals surface area contributed by atoms with Crippen molar-refractivity contribution in [3.05, 3.63) is 34.9 Å². The molecular formula is C16H20O2. The van der Waals surface area contributed by atoms with E-state index in [2.05, 4.69) is 0 Å². The van der Waals surface area contributed by atoms with Crippen molar-refractivity contribution < 1.29 is 9.59 Å². The van der Waals surface area contributed by atoms with Gasteiger partial charge >= 0.3 is 0 Å². The number of carbonyl (C=O) groups is 2. The van der Waals surface area contributed by atoms with Crippen LogP contribution in [0.25, 0.3) is 0 Å². The molecule has 0 aromatic heterocycles. The molecule has 0 atom stereocenters. The van der Waals surface area contributed by atoms with Crippen LogP contribution in [0.5, 0.6) is 0 Å². The van der Waals surface area contributed by atoms with E-state index in [9.17, 15) is 9.59 Å². The van der Waals surface area contributed by atoms with Crippen molar-refractivity contribution >= 4 is 11.6 Å². The van der Waals surface area contributed by atoms with Gasteiger partial charge in [0.05, 0.1) is 0 Å². The van der Waals surface area contributed by atoms with Gasteiger partial charge in [0.2, 0.25) is 0 Å². The Morgan fingerprint density at radius 3 is 2.17 bits per heavy atom. The molecule has 1 aliphatic rings. The van der Waals surface area contributed by atoms with E-state index in [1.807, 2.05) is 45.9 Å². The average Bonchev–Trinajstić information content (AvgIpc) is 2.20. The maximum atomic E-state index is 12.3. The van der Waals surface area contributed by atoms with Gasteiger partial charge in [-0.15, -0.1) is 0 Å². The second-order valence-corrected chi connectivity index (χ2v) is 6.24. The van der Waals surface area contributed by atoms with Crippen molar-refractivity contribution in [1.29, 1.82) is 0 Å². The van der Waals surface area contributed by atoms with Crippen LogP contribution < -0.4 is 0 Å². The lowest BCUT2D eigenvalue weighted by Crippen LogP contribution is -2.36. The molecule has 0 N–H and O–H groups in total. The Bertz CT molecular complexity index is 492. The number of aryl methyl sites for hydroxylation is 2. The number of benzene rings is 1. The molecule has 0 bridgehead atoms. The molecule has 1 aromatic carbocycles. The van der Waals surface area contributed by atoms with E-state index >= 15 is 0 Å². The fraction of sp³-hybridized carbons (Fsp3) is 0.500. The second-order valence-electron chi connectivity index (χ2n) is 6.24. The van der Waals surface area contributed by atoms with Gasteiger partial charge in [0.15, 0.2) is 0 Å². The van der Waals surface area contributed by atoms with E-state index in [-0.39, 0.29) is 17.0 Å². The highest BCUT2D eigenvalue weighted by molar-refractivity contribution is 6.10. The van der Waals surface area contributed by atoms with E-state index < -0.39 is 5.92 Å². The van der Waals surface area contributed by atoms with Crippen LogP contribution in [0.2, 0.25) is 0 Å². The lowest BCUT2D eigenvalue weighted by atomic mass is 9.69. The molecule has 2 rings (SSSR count). The fourth-order valence-corrected chi connectivity index (χ4v) is 2.81. The predicted molar refractivity (Wildman–Crippen MR) is 71.7 cm³/mol. The van der Waals surface area contributed by atoms with E-state index in [4.69, 9.17) is 0 Å². The number of hydrogen-bond acceptors (Lipinski definition) is 2. The maximum absolute atomic E-state index is 12.3. The molecular weight excluding hydrogens is 224 g/mol. The molecule has 0 heterocycles. The van der Waals surface area contributed by atoms with Gasteiger partial charge in [-0.3, -0.25) is 9.59 Å². The van der Waals surface area contributed by atoms with Gasteiger partial charge < -0.3 is 0 Å². The molecule has 0 amide bonds. The Morgan fingerprint density at radius 1 is 1.06 bits per heavy atom. The molecule has 1 saturated carbocycles. The summed E-state index contributed by atoms with van der Waals surface area (Å²) in [6.07, 6.45) is 0.994. The zero-order valence-electron chi connectivity index (χ0n) is 11.5. The van der Waals surface area contributed by atoms with Crippen molar-refractivity contribution in [2.45, 2.75) is 46.5 Å². The van der Waals surface area contributed by atoms with Gasteiger partial charge in [0, 0.05) is 12.8 Å². The summed E-state index contributed by atoms with van der Waals surface area (Å²) in [7, 11) is 0. The third-order valence-electron chi connectivity index (χ3n) is 3.70. The first-order valence-electron chi connectivity index (χ1n) is 6.43. The van der Waals surface area contributed by atoms with Gasteiger partial charge in [0.25, 0.3) is 0 Å². The number of Topliss-reactive ketones (excluding diaryl/α,β-unsaturated/α-hetero) is 2. The molecule has 0 aliphatic heterocycles. The van der Waals surface area contributed by atoms with E-state index in [1.54, 1.807) is 0 Å². The Kier molecular flexibility index (Phi) is 3.14. The zero-order valence-corrected chi connectivity index (χ0v) is 11.5. The topological polar surface area (TPSA) is 34.1 Å². The molecule has 2 heteroatoms. The van der Waals surface area contributed by atoms with Gasteiger partial charge in [0.1, 0.15) is 17.5 Å². The number of hydrogen-bond donors (Lipinski definition) is 0. The highest BCUT2D eigenvalue weighted by Crippen LogP contribution is 2.38. The molecule has 96 valence electrons. The smallest absolute Gasteiger partial charge is 0.148 e. The fourth-order valence-electron chi connectivity index (χ4n) is 2.81. The standard InChI is InChI=1S/C16H20O2/c1-10-5-6-11(2)12(7-10)15-13(17)8-16(3,4)9-14(15)18/h5-7,15H,8-9H2,1-4H3. The second kappa shape index (κ2) is 4.34. The molecule has 1 aliphatic carbocycles. The van der Waals surface area contributed by atoms with Crippen LogP contribution in [-0.4, -0.2) is 11.6 Å². The molecule has 2 nitrogen and oxygen atoms in total. The highest BCUT2D eigenvalue weighted by atomic mass is 16.2. The Hall–Kier alpha value is -1.44. The number of rotatable bonds is 1. The summed E-state index contributed by atoms with van der Waals surface area (Å²) >= 11 is 0. The first-order chi connectivity index (χ1) is 8.30. The Balaban J connectivity index is 2.42. The van der Waals surface area contributed by atoms with Gasteiger partial charge in [-0.2, -0.15) is 0 Å². The molecule has 18 heavy (non-hydrogen) atoms. The molecule has 0 spiro atoms. The van der Waals surface area contributed by atoms with Crippen LogP contribution in [0.15, 0.2) is 18.2 Å². The van der Waals surface area contributed by atoms with E-state index in [0.717, 1.165) is 16.7 Å². The highest BCUT2D eigenvalue weighted by Gasteiger charge is 2.40. The summed E-state index contributed by atoms with van der Waals surface area (Å²) in [5.41, 5.74) is 2.86. The molecule has 0 unspecified atom stereocenters. The summed E-state index contributed by atoms with van der Waals surface area (Å²) in [6, 6.07) is 5.99. The quantitative estimate of drug-likeness (QED) is 0.710. The van der Waals surface area contributed by atoms with Crippen LogP contribution in [0.3, 0.4) is 0 Å². The maximum Gasteiger partial charge on any atom is 0.148 e. The molecule has 0 saturated heterocycles. The van der Waals surface area contributed by atoms with Gasteiger partial charge in [-0.05, 0) is 30.4 Å². The minimum atomic E-state index is -0.530. The zero-order chi connectivity index (χ0) is 13.5. The Labute approximate surface area is 108 Å². The van der Waals surface area contributed by atoms with Gasteiger partial charge in [-0.1, -0.05) is 37.6 Å². The third kappa shape index (κ3) is 2.38. The summed E-state index contributed by atoms with van der Waals surface area (Å²) in [5.74, 6) is -0.382. The first kappa shape index (κ1) is 13.0. The van der Waals surface area contributed by atoms with E-state index in [1.165, 1.54) is 0 Å². The first-order valence-corrected chi connectivity index (χ1v) is 6.43. The van der Waals surface area contributed by atoms with Crippen LogP contribution in [0.1, 0.15) is 49.3 Å². The van der Waals surface area contributed by atoms with Crippen LogP contribution >= 0.6 is 0 Å². The largest absolute Gasteiger partial charge is 0.299 e. The molecule has 1 aromatic rings. The van der Waals surface area contributed by atoms with Gasteiger partial charge in [-0.25, -0.2) is 0 Å². The van der Waals surface area contributed by atoms with Crippen molar-refractivity contribution in [3.8, 4) is 0 Å². The molecule has 0 radical (unpaired) electrons. The lowest BCUT2D eigenvalue weighted by molar-refractivity contribution is -0.135. The molecule has 1 fully saturated rings.